The van der Waals surface area contributed by atoms with E-state index >= 15 is 0 Å². The van der Waals surface area contributed by atoms with Gasteiger partial charge < -0.3 is 24.8 Å². The quantitative estimate of drug-likeness (QED) is 0.492. The molecule has 0 radical (unpaired) electrons. The van der Waals surface area contributed by atoms with Gasteiger partial charge in [-0.15, -0.1) is 0 Å². The Morgan fingerprint density at radius 1 is 1.19 bits per heavy atom. The molecule has 1 aromatic heterocycles. The second-order valence-corrected chi connectivity index (χ2v) is 12.1. The number of fused-ring (bicyclic) bond motifs is 1. The van der Waals surface area contributed by atoms with Crippen LogP contribution in [0.4, 0.5) is 19.3 Å². The van der Waals surface area contributed by atoms with Crippen LogP contribution in [0.5, 0.6) is 0 Å². The van der Waals surface area contributed by atoms with Crippen molar-refractivity contribution < 1.29 is 27.9 Å². The van der Waals surface area contributed by atoms with Crippen LogP contribution in [-0.2, 0) is 9.53 Å². The van der Waals surface area contributed by atoms with Gasteiger partial charge in [-0.3, -0.25) is 19.5 Å². The lowest BCUT2D eigenvalue weighted by atomic mass is 10.1. The number of alkyl halides is 2. The molecule has 2 saturated heterocycles. The van der Waals surface area contributed by atoms with E-state index in [0.29, 0.717) is 29.6 Å². The number of ether oxygens (including phenoxy) is 1. The van der Waals surface area contributed by atoms with Gasteiger partial charge in [-0.1, -0.05) is 0 Å². The number of anilines is 1. The van der Waals surface area contributed by atoms with Crippen molar-refractivity contribution in [1.82, 2.24) is 25.0 Å². The molecule has 2 aromatic rings. The summed E-state index contributed by atoms with van der Waals surface area (Å²) in [5, 5.41) is 12.3. The van der Waals surface area contributed by atoms with Gasteiger partial charge in [0.2, 0.25) is 5.91 Å². The molecule has 11 nitrogen and oxygen atoms in total. The zero-order chi connectivity index (χ0) is 31.4. The summed E-state index contributed by atoms with van der Waals surface area (Å²) >= 11 is 0. The normalized spacial score (nSPS) is 18.8. The number of pyridine rings is 1. The molecule has 1 atom stereocenters. The number of rotatable bonds is 8. The van der Waals surface area contributed by atoms with Gasteiger partial charge in [0.15, 0.2) is 0 Å². The first-order valence-corrected chi connectivity index (χ1v) is 14.4. The third-order valence-corrected chi connectivity index (χ3v) is 7.54. The van der Waals surface area contributed by atoms with Gasteiger partial charge >= 0.3 is 6.09 Å². The lowest BCUT2D eigenvalue weighted by Crippen LogP contribution is -2.50. The van der Waals surface area contributed by atoms with Crippen molar-refractivity contribution in [2.24, 2.45) is 0 Å². The second kappa shape index (κ2) is 13.1. The van der Waals surface area contributed by atoms with Crippen LogP contribution in [0.2, 0.25) is 0 Å². The van der Waals surface area contributed by atoms with E-state index in [9.17, 15) is 23.2 Å². The highest BCUT2D eigenvalue weighted by Gasteiger charge is 2.47. The molecule has 2 aliphatic heterocycles. The number of nitrogens with one attached hydrogen (secondary N) is 1. The number of aromatic nitrogens is 1. The number of halogens is 2. The van der Waals surface area contributed by atoms with Crippen LogP contribution in [0.15, 0.2) is 30.5 Å². The predicted molar refractivity (Wildman–Crippen MR) is 157 cm³/mol. The molecule has 232 valence electrons. The Balaban J connectivity index is 1.30. The molecule has 4 rings (SSSR count). The molecule has 0 bridgehead atoms. The lowest BCUT2D eigenvalue weighted by Gasteiger charge is -2.35. The van der Waals surface area contributed by atoms with E-state index in [1.165, 1.54) is 6.20 Å². The molecule has 2 aliphatic rings. The van der Waals surface area contributed by atoms with Gasteiger partial charge in [-0.05, 0) is 58.0 Å². The van der Waals surface area contributed by atoms with Crippen molar-refractivity contribution >= 4 is 34.5 Å². The fourth-order valence-electron chi connectivity index (χ4n) is 5.26. The van der Waals surface area contributed by atoms with E-state index < -0.39 is 48.9 Å². The van der Waals surface area contributed by atoms with E-state index in [1.54, 1.807) is 17.0 Å². The summed E-state index contributed by atoms with van der Waals surface area (Å²) in [6.07, 6.45) is 1.40. The Bertz CT molecular complexity index is 1380. The van der Waals surface area contributed by atoms with Gasteiger partial charge in [0.05, 0.1) is 30.2 Å². The summed E-state index contributed by atoms with van der Waals surface area (Å²) in [6, 6.07) is 7.67. The average Bonchev–Trinajstić information content (AvgIpc) is 3.29. The third kappa shape index (κ3) is 8.28. The molecular formula is C30H39F2N7O4. The largest absolute Gasteiger partial charge is 0.444 e. The Morgan fingerprint density at radius 2 is 1.91 bits per heavy atom. The first kappa shape index (κ1) is 31.9. The maximum atomic E-state index is 13.7. The van der Waals surface area contributed by atoms with Crippen molar-refractivity contribution in [2.45, 2.75) is 51.2 Å². The second-order valence-electron chi connectivity index (χ2n) is 12.1. The maximum absolute atomic E-state index is 13.7. The number of carbonyl (C=O) groups excluding carboxylic acids is 3. The van der Waals surface area contributed by atoms with Crippen LogP contribution in [0.25, 0.3) is 10.9 Å². The minimum absolute atomic E-state index is 0.277. The SMILES string of the molecule is CN(CCCN1CCN(C(=O)OC(C)(C)C)CC1)c1ccc2nccc(C(=O)NCC(=O)N3CC(F)(F)CC3C#N)c2c1. The number of nitriles is 1. The van der Waals surface area contributed by atoms with E-state index in [0.717, 1.165) is 43.2 Å². The molecule has 2 fully saturated rings. The molecule has 43 heavy (non-hydrogen) atoms. The molecule has 0 saturated carbocycles. The van der Waals surface area contributed by atoms with Crippen molar-refractivity contribution in [3.05, 3.63) is 36.0 Å². The molecule has 1 aromatic carbocycles. The topological polar surface area (TPSA) is 122 Å². The van der Waals surface area contributed by atoms with Crippen LogP contribution >= 0.6 is 0 Å². The van der Waals surface area contributed by atoms with E-state index in [1.807, 2.05) is 46.0 Å². The van der Waals surface area contributed by atoms with Crippen LogP contribution < -0.4 is 10.2 Å². The maximum Gasteiger partial charge on any atom is 0.410 e. The number of nitrogens with zero attached hydrogens (tertiary/aromatic N) is 6. The van der Waals surface area contributed by atoms with E-state index in [4.69, 9.17) is 10.00 Å². The molecule has 1 N–H and O–H groups in total. The van der Waals surface area contributed by atoms with Crippen LogP contribution in [0, 0.1) is 11.3 Å². The number of hydrogen-bond acceptors (Lipinski definition) is 8. The molecule has 3 heterocycles. The molecular weight excluding hydrogens is 560 g/mol. The number of likely N-dealkylation sites (tertiary alicyclic amines) is 1. The van der Waals surface area contributed by atoms with Crippen molar-refractivity contribution in [3.8, 4) is 6.07 Å². The molecule has 0 aliphatic carbocycles. The number of carbonyl (C=O) groups is 3. The highest BCUT2D eigenvalue weighted by atomic mass is 19.3. The molecule has 13 heteroatoms. The summed E-state index contributed by atoms with van der Waals surface area (Å²) in [5.41, 5.74) is 1.28. The first-order valence-electron chi connectivity index (χ1n) is 14.4. The Morgan fingerprint density at radius 3 is 2.58 bits per heavy atom. The van der Waals surface area contributed by atoms with Crippen molar-refractivity contribution in [2.75, 3.05) is 64.3 Å². The Kier molecular flexibility index (Phi) is 9.69. The minimum Gasteiger partial charge on any atom is -0.444 e. The third-order valence-electron chi connectivity index (χ3n) is 7.54. The fraction of sp³-hybridized carbons (Fsp3) is 0.567. The van der Waals surface area contributed by atoms with E-state index in [2.05, 4.69) is 20.1 Å². The molecule has 0 spiro atoms. The number of amides is 3. The fourth-order valence-corrected chi connectivity index (χ4v) is 5.26. The number of benzene rings is 1. The highest BCUT2D eigenvalue weighted by molar-refractivity contribution is 6.07. The summed E-state index contributed by atoms with van der Waals surface area (Å²) in [6.45, 7) is 8.69. The van der Waals surface area contributed by atoms with Gasteiger partial charge in [-0.25, -0.2) is 13.6 Å². The van der Waals surface area contributed by atoms with Crippen molar-refractivity contribution in [3.63, 3.8) is 0 Å². The lowest BCUT2D eigenvalue weighted by molar-refractivity contribution is -0.131. The van der Waals surface area contributed by atoms with Crippen LogP contribution in [0.3, 0.4) is 0 Å². The smallest absolute Gasteiger partial charge is 0.410 e. The summed E-state index contributed by atoms with van der Waals surface area (Å²) < 4.78 is 32.9. The van der Waals surface area contributed by atoms with Crippen LogP contribution in [-0.4, -0.2) is 115 Å². The number of piperazine rings is 1. The van der Waals surface area contributed by atoms with Gasteiger partial charge in [0, 0.05) is 63.5 Å². The van der Waals surface area contributed by atoms with Crippen molar-refractivity contribution in [1.29, 1.82) is 5.26 Å². The average molecular weight is 600 g/mol. The standard InChI is InChI=1S/C30H39F2N7O4/c1-29(2,3)43-28(42)38-14-12-37(13-15-38)11-5-10-36(4)21-6-7-25-24(16-21)23(8-9-34-25)27(41)35-19-26(40)39-20-30(31,32)17-22(39)18-33/h6-9,16,22H,5,10-15,17,19-20H2,1-4H3,(H,35,41). The minimum atomic E-state index is -3.12. The summed E-state index contributed by atoms with van der Waals surface area (Å²) in [5.74, 6) is -4.40. The predicted octanol–water partition coefficient (Wildman–Crippen LogP) is 3.10. The molecule has 1 unspecified atom stereocenters. The number of hydrogen-bond donors (Lipinski definition) is 1. The first-order chi connectivity index (χ1) is 20.3. The van der Waals surface area contributed by atoms with Gasteiger partial charge in [0.25, 0.3) is 11.8 Å². The van der Waals surface area contributed by atoms with Gasteiger partial charge in [-0.2, -0.15) is 5.26 Å². The zero-order valence-corrected chi connectivity index (χ0v) is 25.1. The summed E-state index contributed by atoms with van der Waals surface area (Å²) in [4.78, 5) is 49.2. The van der Waals surface area contributed by atoms with Gasteiger partial charge in [0.1, 0.15) is 11.6 Å². The van der Waals surface area contributed by atoms with E-state index in [-0.39, 0.29) is 6.09 Å². The molecule has 3 amide bonds. The van der Waals surface area contributed by atoms with Crippen LogP contribution in [0.1, 0.15) is 44.0 Å². The Hall–Kier alpha value is -4.05. The monoisotopic (exact) mass is 599 g/mol. The zero-order valence-electron chi connectivity index (χ0n) is 25.1. The highest BCUT2D eigenvalue weighted by Crippen LogP contribution is 2.31. The summed E-state index contributed by atoms with van der Waals surface area (Å²) in [7, 11) is 1.97. The Labute approximate surface area is 250 Å².